The van der Waals surface area contributed by atoms with Gasteiger partial charge < -0.3 is 26.0 Å². The SMILES string of the molecule is CC=CC1=C(C(=O)O)N2C(=O)[C@@H](NC(=O)C(N)c3ccc(O)c(OC)c3)[C@@H]2SC1. The number of benzene rings is 1. The summed E-state index contributed by atoms with van der Waals surface area (Å²) in [7, 11) is 1.38. The van der Waals surface area contributed by atoms with Crippen LogP contribution in [0.2, 0.25) is 0 Å². The Morgan fingerprint density at radius 1 is 1.45 bits per heavy atom. The zero-order chi connectivity index (χ0) is 21.3. The third-order valence-corrected chi connectivity index (χ3v) is 6.01. The molecule has 0 aromatic heterocycles. The molecule has 2 heterocycles. The third kappa shape index (κ3) is 3.68. The zero-order valence-corrected chi connectivity index (χ0v) is 16.6. The number of nitrogens with two attached hydrogens (primary N) is 1. The molecule has 10 heteroatoms. The highest BCUT2D eigenvalue weighted by Gasteiger charge is 2.54. The van der Waals surface area contributed by atoms with E-state index < -0.39 is 35.2 Å². The highest BCUT2D eigenvalue weighted by molar-refractivity contribution is 8.00. The maximum absolute atomic E-state index is 12.6. The van der Waals surface area contributed by atoms with Crippen molar-refractivity contribution in [2.24, 2.45) is 5.73 Å². The Hall–Kier alpha value is -2.98. The van der Waals surface area contributed by atoms with E-state index in [1.165, 1.54) is 42.0 Å². The number of β-lactam (4-membered cyclic amide) rings is 1. The number of nitrogens with zero attached hydrogens (tertiary/aromatic N) is 1. The summed E-state index contributed by atoms with van der Waals surface area (Å²) in [4.78, 5) is 38.0. The third-order valence-electron chi connectivity index (χ3n) is 4.71. The number of carbonyl (C=O) groups is 3. The van der Waals surface area contributed by atoms with Crippen LogP contribution in [-0.2, 0) is 14.4 Å². The van der Waals surface area contributed by atoms with Crippen molar-refractivity contribution >= 4 is 29.5 Å². The molecule has 0 radical (unpaired) electrons. The first-order valence-electron chi connectivity index (χ1n) is 8.76. The topological polar surface area (TPSA) is 142 Å². The van der Waals surface area contributed by atoms with E-state index in [-0.39, 0.29) is 17.2 Å². The number of ether oxygens (including phenoxy) is 1. The molecular formula is C19H21N3O6S. The van der Waals surface area contributed by atoms with Crippen LogP contribution in [0.15, 0.2) is 41.6 Å². The van der Waals surface area contributed by atoms with Crippen molar-refractivity contribution in [2.75, 3.05) is 12.9 Å². The van der Waals surface area contributed by atoms with Gasteiger partial charge in [-0.15, -0.1) is 11.8 Å². The Morgan fingerprint density at radius 3 is 2.79 bits per heavy atom. The smallest absolute Gasteiger partial charge is 0.352 e. The highest BCUT2D eigenvalue weighted by atomic mass is 32.2. The molecule has 5 N–H and O–H groups in total. The number of methoxy groups -OCH3 is 1. The first kappa shape index (κ1) is 20.7. The van der Waals surface area contributed by atoms with Gasteiger partial charge in [0.1, 0.15) is 23.2 Å². The minimum atomic E-state index is -1.19. The van der Waals surface area contributed by atoms with Crippen molar-refractivity contribution in [1.29, 1.82) is 0 Å². The molecule has 0 bridgehead atoms. The van der Waals surface area contributed by atoms with E-state index in [9.17, 15) is 24.6 Å². The second-order valence-electron chi connectivity index (χ2n) is 6.48. The van der Waals surface area contributed by atoms with Crippen LogP contribution in [0.1, 0.15) is 18.5 Å². The van der Waals surface area contributed by atoms with Crippen LogP contribution in [0.3, 0.4) is 0 Å². The number of rotatable bonds is 6. The van der Waals surface area contributed by atoms with Gasteiger partial charge in [-0.2, -0.15) is 0 Å². The summed E-state index contributed by atoms with van der Waals surface area (Å²) < 4.78 is 5.01. The quantitative estimate of drug-likeness (QED) is 0.494. The maximum atomic E-state index is 12.6. The van der Waals surface area contributed by atoms with Gasteiger partial charge in [-0.3, -0.25) is 14.5 Å². The molecule has 0 spiro atoms. The van der Waals surface area contributed by atoms with Crippen molar-refractivity contribution in [3.63, 3.8) is 0 Å². The summed E-state index contributed by atoms with van der Waals surface area (Å²) in [6.45, 7) is 1.77. The van der Waals surface area contributed by atoms with Crippen molar-refractivity contribution in [1.82, 2.24) is 10.2 Å². The average molecular weight is 419 g/mol. The summed E-state index contributed by atoms with van der Waals surface area (Å²) in [5.74, 6) is -1.77. The lowest BCUT2D eigenvalue weighted by Crippen LogP contribution is -2.71. The molecule has 1 aromatic carbocycles. The van der Waals surface area contributed by atoms with Gasteiger partial charge in [-0.1, -0.05) is 18.2 Å². The molecule has 0 saturated carbocycles. The molecule has 1 unspecified atom stereocenters. The van der Waals surface area contributed by atoms with Crippen molar-refractivity contribution in [3.8, 4) is 11.5 Å². The van der Waals surface area contributed by atoms with Crippen LogP contribution in [0.5, 0.6) is 11.5 Å². The molecule has 29 heavy (non-hydrogen) atoms. The number of fused-ring (bicyclic) bond motifs is 1. The molecular weight excluding hydrogens is 398 g/mol. The number of carbonyl (C=O) groups excluding carboxylic acids is 2. The Kier molecular flexibility index (Phi) is 5.85. The van der Waals surface area contributed by atoms with Crippen molar-refractivity contribution < 1.29 is 29.3 Å². The van der Waals surface area contributed by atoms with E-state index in [0.29, 0.717) is 16.9 Å². The molecule has 2 aliphatic rings. The first-order chi connectivity index (χ1) is 13.8. The minimum Gasteiger partial charge on any atom is -0.504 e. The summed E-state index contributed by atoms with van der Waals surface area (Å²) in [6, 6.07) is 2.34. The van der Waals surface area contributed by atoms with E-state index >= 15 is 0 Å². The normalized spacial score (nSPS) is 22.2. The fraction of sp³-hybridized carbons (Fsp3) is 0.316. The summed E-state index contributed by atoms with van der Waals surface area (Å²) >= 11 is 1.38. The number of nitrogens with one attached hydrogen (secondary N) is 1. The van der Waals surface area contributed by atoms with Gasteiger partial charge >= 0.3 is 5.97 Å². The van der Waals surface area contributed by atoms with Gasteiger partial charge in [-0.25, -0.2) is 4.79 Å². The standard InChI is InChI=1S/C19H21N3O6S/c1-3-4-10-8-29-18-14(17(25)22(18)15(10)19(26)27)21-16(24)13(20)9-5-6-11(23)12(7-9)28-2/h3-7,13-14,18,23H,8,20H2,1-2H3,(H,21,24)(H,26,27)/t13?,14-,18+/m1/s1. The minimum absolute atomic E-state index is 0.0603. The second-order valence-corrected chi connectivity index (χ2v) is 7.59. The number of phenols is 1. The fourth-order valence-electron chi connectivity index (χ4n) is 3.25. The fourth-order valence-corrected chi connectivity index (χ4v) is 4.57. The maximum Gasteiger partial charge on any atom is 0.352 e. The number of aromatic hydroxyl groups is 1. The Balaban J connectivity index is 1.75. The van der Waals surface area contributed by atoms with Gasteiger partial charge in [0, 0.05) is 5.75 Å². The lowest BCUT2D eigenvalue weighted by atomic mass is 10.0. The molecule has 3 atom stereocenters. The van der Waals surface area contributed by atoms with E-state index in [0.717, 1.165) is 0 Å². The molecule has 2 aliphatic heterocycles. The predicted molar refractivity (Wildman–Crippen MR) is 106 cm³/mol. The van der Waals surface area contributed by atoms with Gasteiger partial charge in [0.2, 0.25) is 5.91 Å². The first-order valence-corrected chi connectivity index (χ1v) is 9.81. The number of hydrogen-bond donors (Lipinski definition) is 4. The van der Waals surface area contributed by atoms with Gasteiger partial charge in [0.25, 0.3) is 5.91 Å². The number of amides is 2. The molecule has 1 aromatic rings. The van der Waals surface area contributed by atoms with Crippen molar-refractivity contribution in [3.05, 3.63) is 47.2 Å². The van der Waals surface area contributed by atoms with Crippen LogP contribution >= 0.6 is 11.8 Å². The lowest BCUT2D eigenvalue weighted by molar-refractivity contribution is -0.150. The Bertz CT molecular complexity index is 929. The van der Waals surface area contributed by atoms with E-state index in [1.807, 2.05) is 0 Å². The lowest BCUT2D eigenvalue weighted by Gasteiger charge is -2.49. The van der Waals surface area contributed by atoms with Crippen LogP contribution in [0, 0.1) is 0 Å². The number of thioether (sulfide) groups is 1. The molecule has 154 valence electrons. The van der Waals surface area contributed by atoms with Crippen LogP contribution in [0.25, 0.3) is 0 Å². The molecule has 9 nitrogen and oxygen atoms in total. The molecule has 3 rings (SSSR count). The van der Waals surface area contributed by atoms with E-state index in [4.69, 9.17) is 10.5 Å². The van der Waals surface area contributed by atoms with Crippen LogP contribution in [-0.4, -0.2) is 57.2 Å². The van der Waals surface area contributed by atoms with Gasteiger partial charge in [0.05, 0.1) is 7.11 Å². The summed E-state index contributed by atoms with van der Waals surface area (Å²) in [5.41, 5.74) is 6.89. The molecule has 2 amide bonds. The van der Waals surface area contributed by atoms with E-state index in [2.05, 4.69) is 5.32 Å². The number of carboxylic acids is 1. The molecule has 1 fully saturated rings. The predicted octanol–water partition coefficient (Wildman–Crippen LogP) is 0.715. The number of carboxylic acid groups (broad SMARTS) is 1. The van der Waals surface area contributed by atoms with Crippen LogP contribution < -0.4 is 15.8 Å². The Labute approximate surface area is 171 Å². The number of allylic oxidation sites excluding steroid dienone is 2. The zero-order valence-electron chi connectivity index (χ0n) is 15.8. The molecule has 0 aliphatic carbocycles. The average Bonchev–Trinajstić information content (AvgIpc) is 2.71. The van der Waals surface area contributed by atoms with Crippen LogP contribution in [0.4, 0.5) is 0 Å². The summed E-state index contributed by atoms with van der Waals surface area (Å²) in [6.07, 6.45) is 3.38. The Morgan fingerprint density at radius 2 is 2.17 bits per heavy atom. The number of phenolic OH excluding ortho intramolecular Hbond substituents is 1. The summed E-state index contributed by atoms with van der Waals surface area (Å²) in [5, 5.41) is 21.3. The number of aliphatic carboxylic acids is 1. The molecule has 1 saturated heterocycles. The van der Waals surface area contributed by atoms with Gasteiger partial charge in [-0.05, 0) is 30.2 Å². The number of hydrogen-bond acceptors (Lipinski definition) is 7. The second kappa shape index (κ2) is 8.18. The highest BCUT2D eigenvalue weighted by Crippen LogP contribution is 2.40. The van der Waals surface area contributed by atoms with Gasteiger partial charge in [0.15, 0.2) is 11.5 Å². The largest absolute Gasteiger partial charge is 0.504 e. The monoisotopic (exact) mass is 419 g/mol. The van der Waals surface area contributed by atoms with Crippen molar-refractivity contribution in [2.45, 2.75) is 24.4 Å². The van der Waals surface area contributed by atoms with E-state index in [1.54, 1.807) is 19.1 Å².